The number of rotatable bonds is 6. The first-order chi connectivity index (χ1) is 14.5. The molecule has 0 spiro atoms. The van der Waals surface area contributed by atoms with E-state index in [-0.39, 0.29) is 23.8 Å². The van der Waals surface area contributed by atoms with Crippen LogP contribution in [0.4, 0.5) is 5.82 Å². The lowest BCUT2D eigenvalue weighted by Crippen LogP contribution is -2.41. The Morgan fingerprint density at radius 2 is 1.77 bits per heavy atom. The van der Waals surface area contributed by atoms with Crippen molar-refractivity contribution >= 4 is 17.6 Å². The number of carbonyl (C=O) groups excluding carboxylic acids is 2. The van der Waals surface area contributed by atoms with Crippen molar-refractivity contribution in [2.75, 3.05) is 18.4 Å². The molecule has 2 amide bonds. The quantitative estimate of drug-likeness (QED) is 0.778. The van der Waals surface area contributed by atoms with E-state index in [2.05, 4.69) is 36.3 Å². The summed E-state index contributed by atoms with van der Waals surface area (Å²) >= 11 is 0. The van der Waals surface area contributed by atoms with Crippen LogP contribution < -0.4 is 10.1 Å². The molecule has 2 aliphatic rings. The SMILES string of the molecule is CC(C)c1ccc(OC2CCN(C(=O)c3ccnc(NC(=O)C4CC4)c3)CC2)cc1. The van der Waals surface area contributed by atoms with Crippen molar-refractivity contribution in [3.63, 3.8) is 0 Å². The van der Waals surface area contributed by atoms with Gasteiger partial charge in [-0.2, -0.15) is 0 Å². The summed E-state index contributed by atoms with van der Waals surface area (Å²) in [5.74, 6) is 1.90. The van der Waals surface area contributed by atoms with E-state index in [1.807, 2.05) is 17.0 Å². The van der Waals surface area contributed by atoms with Gasteiger partial charge >= 0.3 is 0 Å². The fraction of sp³-hybridized carbons (Fsp3) is 0.458. The van der Waals surface area contributed by atoms with E-state index in [0.29, 0.717) is 30.4 Å². The zero-order chi connectivity index (χ0) is 21.1. The molecule has 0 atom stereocenters. The van der Waals surface area contributed by atoms with Gasteiger partial charge in [-0.15, -0.1) is 0 Å². The van der Waals surface area contributed by atoms with Crippen LogP contribution in [-0.4, -0.2) is 40.9 Å². The molecule has 1 aromatic heterocycles. The summed E-state index contributed by atoms with van der Waals surface area (Å²) in [7, 11) is 0. The van der Waals surface area contributed by atoms with Crippen LogP contribution in [0.2, 0.25) is 0 Å². The lowest BCUT2D eigenvalue weighted by Gasteiger charge is -2.32. The first-order valence-corrected chi connectivity index (χ1v) is 10.8. The average molecular weight is 408 g/mol. The molecule has 2 aromatic rings. The van der Waals surface area contributed by atoms with Gasteiger partial charge in [-0.3, -0.25) is 9.59 Å². The second-order valence-corrected chi connectivity index (χ2v) is 8.53. The van der Waals surface area contributed by atoms with Crippen LogP contribution in [0, 0.1) is 5.92 Å². The Hall–Kier alpha value is -2.89. The van der Waals surface area contributed by atoms with E-state index >= 15 is 0 Å². The molecule has 1 aliphatic heterocycles. The molecule has 4 rings (SSSR count). The molecule has 30 heavy (non-hydrogen) atoms. The van der Waals surface area contributed by atoms with Gasteiger partial charge in [-0.1, -0.05) is 26.0 Å². The van der Waals surface area contributed by atoms with Gasteiger partial charge in [0, 0.05) is 43.6 Å². The molecule has 0 radical (unpaired) electrons. The third-order valence-electron chi connectivity index (χ3n) is 5.79. The molecular weight excluding hydrogens is 378 g/mol. The van der Waals surface area contributed by atoms with E-state index in [4.69, 9.17) is 4.74 Å². The predicted octanol–water partition coefficient (Wildman–Crippen LogP) is 4.24. The van der Waals surface area contributed by atoms with Crippen LogP contribution in [0.5, 0.6) is 5.75 Å². The van der Waals surface area contributed by atoms with Crippen molar-refractivity contribution in [3.05, 3.63) is 53.7 Å². The maximum Gasteiger partial charge on any atom is 0.254 e. The Bertz CT molecular complexity index is 898. The van der Waals surface area contributed by atoms with Crippen molar-refractivity contribution in [2.45, 2.75) is 51.6 Å². The number of hydrogen-bond donors (Lipinski definition) is 1. The molecular formula is C24H29N3O3. The number of nitrogens with zero attached hydrogens (tertiary/aromatic N) is 2. The van der Waals surface area contributed by atoms with Crippen molar-refractivity contribution in [2.24, 2.45) is 5.92 Å². The van der Waals surface area contributed by atoms with Gasteiger partial charge < -0.3 is 15.0 Å². The highest BCUT2D eigenvalue weighted by atomic mass is 16.5. The number of carbonyl (C=O) groups is 2. The van der Waals surface area contributed by atoms with Gasteiger partial charge in [-0.25, -0.2) is 4.98 Å². The summed E-state index contributed by atoms with van der Waals surface area (Å²) in [5.41, 5.74) is 1.85. The largest absolute Gasteiger partial charge is 0.490 e. The maximum atomic E-state index is 12.9. The molecule has 0 bridgehead atoms. The van der Waals surface area contributed by atoms with Crippen LogP contribution in [0.25, 0.3) is 0 Å². The molecule has 1 saturated heterocycles. The zero-order valence-electron chi connectivity index (χ0n) is 17.6. The van der Waals surface area contributed by atoms with Crippen LogP contribution in [0.3, 0.4) is 0 Å². The molecule has 1 N–H and O–H groups in total. The summed E-state index contributed by atoms with van der Waals surface area (Å²) in [6.45, 7) is 5.66. The number of hydrogen-bond acceptors (Lipinski definition) is 4. The molecule has 1 saturated carbocycles. The monoisotopic (exact) mass is 407 g/mol. The van der Waals surface area contributed by atoms with Gasteiger partial charge in [0.1, 0.15) is 17.7 Å². The van der Waals surface area contributed by atoms with Gasteiger partial charge in [0.05, 0.1) is 0 Å². The summed E-state index contributed by atoms with van der Waals surface area (Å²) < 4.78 is 6.12. The first kappa shape index (κ1) is 20.4. The van der Waals surface area contributed by atoms with Crippen molar-refractivity contribution < 1.29 is 14.3 Å². The minimum absolute atomic E-state index is 0.00788. The second-order valence-electron chi connectivity index (χ2n) is 8.53. The molecule has 1 aromatic carbocycles. The number of pyridine rings is 1. The fourth-order valence-corrected chi connectivity index (χ4v) is 3.69. The topological polar surface area (TPSA) is 71.5 Å². The highest BCUT2D eigenvalue weighted by molar-refractivity contribution is 5.97. The smallest absolute Gasteiger partial charge is 0.254 e. The minimum atomic E-state index is -0.0287. The molecule has 1 aliphatic carbocycles. The minimum Gasteiger partial charge on any atom is -0.490 e. The number of piperidine rings is 1. The number of amides is 2. The third-order valence-corrected chi connectivity index (χ3v) is 5.79. The Labute approximate surface area is 177 Å². The van der Waals surface area contributed by atoms with Crippen molar-refractivity contribution in [3.8, 4) is 5.75 Å². The summed E-state index contributed by atoms with van der Waals surface area (Å²) in [5, 5.41) is 2.81. The second kappa shape index (κ2) is 8.86. The Balaban J connectivity index is 1.30. The summed E-state index contributed by atoms with van der Waals surface area (Å²) in [4.78, 5) is 30.9. The zero-order valence-corrected chi connectivity index (χ0v) is 17.6. The number of aromatic nitrogens is 1. The molecule has 158 valence electrons. The van der Waals surface area contributed by atoms with E-state index in [9.17, 15) is 9.59 Å². The summed E-state index contributed by atoms with van der Waals surface area (Å²) in [6, 6.07) is 11.7. The molecule has 2 fully saturated rings. The lowest BCUT2D eigenvalue weighted by atomic mass is 10.0. The molecule has 6 heteroatoms. The highest BCUT2D eigenvalue weighted by Crippen LogP contribution is 2.30. The Morgan fingerprint density at radius 3 is 2.40 bits per heavy atom. The Morgan fingerprint density at radius 1 is 1.07 bits per heavy atom. The fourth-order valence-electron chi connectivity index (χ4n) is 3.69. The van der Waals surface area contributed by atoms with Gasteiger partial charge in [-0.05, 0) is 48.6 Å². The first-order valence-electron chi connectivity index (χ1n) is 10.8. The lowest BCUT2D eigenvalue weighted by molar-refractivity contribution is -0.117. The van der Waals surface area contributed by atoms with E-state index in [1.165, 1.54) is 5.56 Å². The van der Waals surface area contributed by atoms with Crippen LogP contribution in [0.1, 0.15) is 61.4 Å². The van der Waals surface area contributed by atoms with Crippen molar-refractivity contribution in [1.29, 1.82) is 0 Å². The standard InChI is InChI=1S/C24H29N3O3/c1-16(2)17-5-7-20(8-6-17)30-21-10-13-27(14-11-21)24(29)19-9-12-25-22(15-19)26-23(28)18-3-4-18/h5-9,12,15-16,18,21H,3-4,10-11,13-14H2,1-2H3,(H,25,26,28). The van der Waals surface area contributed by atoms with E-state index in [0.717, 1.165) is 31.4 Å². The van der Waals surface area contributed by atoms with Gasteiger partial charge in [0.2, 0.25) is 5.91 Å². The molecule has 2 heterocycles. The van der Waals surface area contributed by atoms with Crippen LogP contribution in [-0.2, 0) is 4.79 Å². The number of anilines is 1. The van der Waals surface area contributed by atoms with Crippen LogP contribution in [0.15, 0.2) is 42.6 Å². The van der Waals surface area contributed by atoms with Gasteiger partial charge in [0.25, 0.3) is 5.91 Å². The number of nitrogens with one attached hydrogen (secondary N) is 1. The summed E-state index contributed by atoms with van der Waals surface area (Å²) in [6.07, 6.45) is 5.16. The highest BCUT2D eigenvalue weighted by Gasteiger charge is 2.30. The molecule has 6 nitrogen and oxygen atoms in total. The number of likely N-dealkylation sites (tertiary alicyclic amines) is 1. The predicted molar refractivity (Wildman–Crippen MR) is 116 cm³/mol. The normalized spacial score (nSPS) is 17.1. The molecule has 0 unspecified atom stereocenters. The van der Waals surface area contributed by atoms with Crippen molar-refractivity contribution in [1.82, 2.24) is 9.88 Å². The number of ether oxygens (including phenoxy) is 1. The van der Waals surface area contributed by atoms with E-state index in [1.54, 1.807) is 18.3 Å². The third kappa shape index (κ3) is 4.99. The van der Waals surface area contributed by atoms with E-state index < -0.39 is 0 Å². The van der Waals surface area contributed by atoms with Crippen LogP contribution >= 0.6 is 0 Å². The average Bonchev–Trinajstić information content (AvgIpc) is 3.60. The Kier molecular flexibility index (Phi) is 6.02. The number of benzene rings is 1. The maximum absolute atomic E-state index is 12.9. The van der Waals surface area contributed by atoms with Gasteiger partial charge in [0.15, 0.2) is 0 Å².